The minimum atomic E-state index is -0.190. The van der Waals surface area contributed by atoms with Gasteiger partial charge in [-0.25, -0.2) is 0 Å². The van der Waals surface area contributed by atoms with E-state index in [-0.39, 0.29) is 17.7 Å². The molecular weight excluding hydrogens is 328 g/mol. The lowest BCUT2D eigenvalue weighted by molar-refractivity contribution is -0.126. The molecule has 6 heteroatoms. The highest BCUT2D eigenvalue weighted by Crippen LogP contribution is 2.19. The van der Waals surface area contributed by atoms with Gasteiger partial charge in [0.05, 0.1) is 12.2 Å². The fraction of sp³-hybridized carbons (Fsp3) is 0.333. The normalized spacial score (nSPS) is 17.5. The van der Waals surface area contributed by atoms with Crippen molar-refractivity contribution in [1.82, 2.24) is 10.2 Å². The molecule has 0 radical (unpaired) electrons. The van der Waals surface area contributed by atoms with Crippen LogP contribution in [0.4, 0.5) is 0 Å². The van der Waals surface area contributed by atoms with Crippen LogP contribution in [0.2, 0.25) is 5.02 Å². The van der Waals surface area contributed by atoms with Crippen molar-refractivity contribution in [2.24, 2.45) is 5.92 Å². The summed E-state index contributed by atoms with van der Waals surface area (Å²) in [5.74, 6) is -0.0562. The van der Waals surface area contributed by atoms with Gasteiger partial charge >= 0.3 is 0 Å². The molecular formula is C18H19ClN2O3. The van der Waals surface area contributed by atoms with Gasteiger partial charge in [-0.3, -0.25) is 9.59 Å². The molecule has 1 atom stereocenters. The van der Waals surface area contributed by atoms with Crippen molar-refractivity contribution in [2.45, 2.75) is 19.4 Å². The lowest BCUT2D eigenvalue weighted by Gasteiger charge is -2.31. The number of hydrogen-bond donors (Lipinski definition) is 1. The zero-order valence-corrected chi connectivity index (χ0v) is 14.0. The van der Waals surface area contributed by atoms with Crippen molar-refractivity contribution in [3.05, 3.63) is 59.0 Å². The van der Waals surface area contributed by atoms with Gasteiger partial charge in [0.15, 0.2) is 5.76 Å². The average molecular weight is 347 g/mol. The lowest BCUT2D eigenvalue weighted by atomic mass is 9.96. The number of furan rings is 1. The fourth-order valence-electron chi connectivity index (χ4n) is 2.87. The summed E-state index contributed by atoms with van der Waals surface area (Å²) in [7, 11) is 0. The summed E-state index contributed by atoms with van der Waals surface area (Å²) >= 11 is 5.85. The zero-order chi connectivity index (χ0) is 16.9. The van der Waals surface area contributed by atoms with Crippen LogP contribution in [0.1, 0.15) is 29.0 Å². The molecule has 1 N–H and O–H groups in total. The summed E-state index contributed by atoms with van der Waals surface area (Å²) in [5.41, 5.74) is 0.993. The third kappa shape index (κ3) is 3.97. The monoisotopic (exact) mass is 346 g/mol. The number of nitrogens with one attached hydrogen (secondary N) is 1. The first-order chi connectivity index (χ1) is 11.6. The minimum Gasteiger partial charge on any atom is -0.459 e. The number of likely N-dealkylation sites (tertiary alicyclic amines) is 1. The minimum absolute atomic E-state index is 0.0260. The van der Waals surface area contributed by atoms with Gasteiger partial charge in [-0.15, -0.1) is 0 Å². The van der Waals surface area contributed by atoms with Gasteiger partial charge in [0, 0.05) is 24.7 Å². The van der Waals surface area contributed by atoms with Crippen LogP contribution < -0.4 is 5.32 Å². The van der Waals surface area contributed by atoms with Crippen LogP contribution in [0.3, 0.4) is 0 Å². The van der Waals surface area contributed by atoms with E-state index in [4.69, 9.17) is 16.0 Å². The smallest absolute Gasteiger partial charge is 0.289 e. The first-order valence-electron chi connectivity index (χ1n) is 7.98. The van der Waals surface area contributed by atoms with Crippen molar-refractivity contribution >= 4 is 23.4 Å². The Bertz CT molecular complexity index is 698. The van der Waals surface area contributed by atoms with Crippen LogP contribution in [0.25, 0.3) is 0 Å². The van der Waals surface area contributed by atoms with Gasteiger partial charge in [0.1, 0.15) is 0 Å². The first-order valence-corrected chi connectivity index (χ1v) is 8.36. The zero-order valence-electron chi connectivity index (χ0n) is 13.2. The number of benzene rings is 1. The van der Waals surface area contributed by atoms with Crippen molar-refractivity contribution in [1.29, 1.82) is 0 Å². The molecule has 1 saturated heterocycles. The number of amides is 2. The summed E-state index contributed by atoms with van der Waals surface area (Å²) in [6, 6.07) is 10.7. The van der Waals surface area contributed by atoms with Gasteiger partial charge < -0.3 is 14.6 Å². The summed E-state index contributed by atoms with van der Waals surface area (Å²) in [6.07, 6.45) is 3.08. The number of hydrogen-bond acceptors (Lipinski definition) is 3. The van der Waals surface area contributed by atoms with Crippen molar-refractivity contribution < 1.29 is 14.0 Å². The summed E-state index contributed by atoms with van der Waals surface area (Å²) in [4.78, 5) is 26.4. The van der Waals surface area contributed by atoms with E-state index in [1.54, 1.807) is 29.2 Å². The van der Waals surface area contributed by atoms with Gasteiger partial charge in [-0.2, -0.15) is 0 Å². The van der Waals surface area contributed by atoms with Crippen LogP contribution in [-0.4, -0.2) is 29.8 Å². The number of halogens is 1. The van der Waals surface area contributed by atoms with Crippen molar-refractivity contribution in [2.75, 3.05) is 13.1 Å². The van der Waals surface area contributed by atoms with Gasteiger partial charge in [0.25, 0.3) is 5.91 Å². The first kappa shape index (κ1) is 16.6. The van der Waals surface area contributed by atoms with Crippen molar-refractivity contribution in [3.8, 4) is 0 Å². The van der Waals surface area contributed by atoms with E-state index in [9.17, 15) is 9.59 Å². The van der Waals surface area contributed by atoms with Crippen LogP contribution in [-0.2, 0) is 11.3 Å². The number of carbonyl (C=O) groups excluding carboxylic acids is 2. The highest BCUT2D eigenvalue weighted by molar-refractivity contribution is 6.30. The van der Waals surface area contributed by atoms with Gasteiger partial charge in [-0.05, 0) is 42.7 Å². The Balaban J connectivity index is 1.55. The Morgan fingerprint density at radius 3 is 2.75 bits per heavy atom. The molecule has 2 heterocycles. The molecule has 1 unspecified atom stereocenters. The molecule has 3 rings (SSSR count). The van der Waals surface area contributed by atoms with E-state index >= 15 is 0 Å². The molecule has 1 aromatic carbocycles. The molecule has 1 aliphatic rings. The molecule has 2 aromatic rings. The Morgan fingerprint density at radius 1 is 1.25 bits per heavy atom. The second kappa shape index (κ2) is 7.53. The molecule has 5 nitrogen and oxygen atoms in total. The Morgan fingerprint density at radius 2 is 2.04 bits per heavy atom. The quantitative estimate of drug-likeness (QED) is 0.925. The van der Waals surface area contributed by atoms with Crippen molar-refractivity contribution in [3.63, 3.8) is 0 Å². The molecule has 1 aromatic heterocycles. The van der Waals surface area contributed by atoms with Crippen LogP contribution >= 0.6 is 11.6 Å². The molecule has 0 spiro atoms. The van der Waals surface area contributed by atoms with E-state index in [0.29, 0.717) is 30.4 Å². The average Bonchev–Trinajstić information content (AvgIpc) is 3.15. The standard InChI is InChI=1S/C18H19ClN2O3/c19-15-7-5-13(6-8-15)11-20-17(22)14-3-1-9-21(12-14)18(23)16-4-2-10-24-16/h2,4-8,10,14H,1,3,9,11-12H2,(H,20,22). The van der Waals surface area contributed by atoms with Gasteiger partial charge in [0.2, 0.25) is 5.91 Å². The molecule has 24 heavy (non-hydrogen) atoms. The van der Waals surface area contributed by atoms with E-state index < -0.39 is 0 Å². The molecule has 0 bridgehead atoms. The number of carbonyl (C=O) groups is 2. The third-order valence-corrected chi connectivity index (χ3v) is 4.44. The molecule has 126 valence electrons. The third-order valence-electron chi connectivity index (χ3n) is 4.19. The van der Waals surface area contributed by atoms with E-state index in [1.807, 2.05) is 12.1 Å². The van der Waals surface area contributed by atoms with Crippen LogP contribution in [0.5, 0.6) is 0 Å². The number of nitrogens with zero attached hydrogens (tertiary/aromatic N) is 1. The van der Waals surface area contributed by atoms with E-state index in [2.05, 4.69) is 5.32 Å². The predicted octanol–water partition coefficient (Wildman–Crippen LogP) is 3.10. The maximum absolute atomic E-state index is 12.4. The maximum Gasteiger partial charge on any atom is 0.289 e. The Labute approximate surface area is 145 Å². The van der Waals surface area contributed by atoms with E-state index in [0.717, 1.165) is 18.4 Å². The number of piperidine rings is 1. The molecule has 2 amide bonds. The number of rotatable bonds is 4. The Hall–Kier alpha value is -2.27. The summed E-state index contributed by atoms with van der Waals surface area (Å²) < 4.78 is 5.16. The predicted molar refractivity (Wildman–Crippen MR) is 90.6 cm³/mol. The molecule has 1 aliphatic heterocycles. The SMILES string of the molecule is O=C(NCc1ccc(Cl)cc1)C1CCCN(C(=O)c2ccco2)C1. The van der Waals surface area contributed by atoms with Crippen LogP contribution in [0.15, 0.2) is 47.1 Å². The summed E-state index contributed by atoms with van der Waals surface area (Å²) in [5, 5.41) is 3.61. The van der Waals surface area contributed by atoms with Crippen LogP contribution in [0, 0.1) is 5.92 Å². The second-order valence-electron chi connectivity index (χ2n) is 5.91. The molecule has 1 fully saturated rings. The summed E-state index contributed by atoms with van der Waals surface area (Å²) in [6.45, 7) is 1.53. The fourth-order valence-corrected chi connectivity index (χ4v) is 2.99. The molecule has 0 saturated carbocycles. The Kier molecular flexibility index (Phi) is 5.20. The maximum atomic E-state index is 12.4. The highest BCUT2D eigenvalue weighted by atomic mass is 35.5. The highest BCUT2D eigenvalue weighted by Gasteiger charge is 2.29. The van der Waals surface area contributed by atoms with E-state index in [1.165, 1.54) is 6.26 Å². The second-order valence-corrected chi connectivity index (χ2v) is 6.35. The topological polar surface area (TPSA) is 62.6 Å². The molecule has 0 aliphatic carbocycles. The lowest BCUT2D eigenvalue weighted by Crippen LogP contribution is -2.45. The van der Waals surface area contributed by atoms with Gasteiger partial charge in [-0.1, -0.05) is 23.7 Å². The largest absolute Gasteiger partial charge is 0.459 e.